The molecule has 0 bridgehead atoms. The van der Waals surface area contributed by atoms with Crippen molar-refractivity contribution in [3.8, 4) is 11.8 Å². The Bertz CT molecular complexity index is 525. The highest BCUT2D eigenvalue weighted by Gasteiger charge is 2.06. The highest BCUT2D eigenvalue weighted by molar-refractivity contribution is 7.20. The maximum Gasteiger partial charge on any atom is 0.121 e. The molecular formula is C10H8N2OS. The molecule has 0 aliphatic carbocycles. The van der Waals surface area contributed by atoms with Crippen molar-refractivity contribution in [3.63, 3.8) is 0 Å². The Morgan fingerprint density at radius 2 is 2.21 bits per heavy atom. The third-order valence-electron chi connectivity index (χ3n) is 1.96. The van der Waals surface area contributed by atoms with Crippen LogP contribution in [0.5, 0.6) is 5.75 Å². The molecule has 1 aromatic carbocycles. The van der Waals surface area contributed by atoms with Crippen LogP contribution in [-0.2, 0) is 0 Å². The molecule has 1 aromatic heterocycles. The second-order valence-corrected chi connectivity index (χ2v) is 3.91. The average molecular weight is 204 g/mol. The van der Waals surface area contributed by atoms with Crippen LogP contribution >= 0.6 is 11.3 Å². The van der Waals surface area contributed by atoms with E-state index >= 15 is 0 Å². The number of hydrogen-bond donors (Lipinski definition) is 1. The number of anilines is 1. The lowest BCUT2D eigenvalue weighted by atomic mass is 10.2. The van der Waals surface area contributed by atoms with Crippen molar-refractivity contribution < 1.29 is 4.74 Å². The quantitative estimate of drug-likeness (QED) is 0.725. The van der Waals surface area contributed by atoms with Crippen molar-refractivity contribution in [2.24, 2.45) is 0 Å². The minimum absolute atomic E-state index is 0.658. The molecule has 3 nitrogen and oxygen atoms in total. The number of methoxy groups -OCH3 is 1. The number of nitrogens with zero attached hydrogens (tertiary/aromatic N) is 1. The molecule has 70 valence electrons. The molecule has 4 heteroatoms. The number of rotatable bonds is 1. The zero-order valence-electron chi connectivity index (χ0n) is 7.57. The van der Waals surface area contributed by atoms with Crippen LogP contribution in [0, 0.1) is 11.3 Å². The second-order valence-electron chi connectivity index (χ2n) is 2.86. The first-order valence-corrected chi connectivity index (χ1v) is 4.83. The topological polar surface area (TPSA) is 59.0 Å². The zero-order valence-corrected chi connectivity index (χ0v) is 8.39. The second kappa shape index (κ2) is 3.20. The SMILES string of the molecule is COc1cc(N)c2sc(C#N)cc2c1. The fourth-order valence-corrected chi connectivity index (χ4v) is 2.19. The Kier molecular flexibility index (Phi) is 2.02. The van der Waals surface area contributed by atoms with Gasteiger partial charge in [-0.2, -0.15) is 5.26 Å². The molecule has 0 aliphatic heterocycles. The van der Waals surface area contributed by atoms with Crippen LogP contribution in [0.25, 0.3) is 10.1 Å². The minimum atomic E-state index is 0.658. The molecule has 0 amide bonds. The van der Waals surface area contributed by atoms with Crippen molar-refractivity contribution in [2.75, 3.05) is 12.8 Å². The van der Waals surface area contributed by atoms with Gasteiger partial charge in [0, 0.05) is 6.07 Å². The van der Waals surface area contributed by atoms with Gasteiger partial charge in [-0.15, -0.1) is 11.3 Å². The van der Waals surface area contributed by atoms with Crippen LogP contribution in [0.15, 0.2) is 18.2 Å². The summed E-state index contributed by atoms with van der Waals surface area (Å²) in [6.45, 7) is 0. The third-order valence-corrected chi connectivity index (χ3v) is 3.07. The van der Waals surface area contributed by atoms with Crippen molar-refractivity contribution in [3.05, 3.63) is 23.1 Å². The normalized spacial score (nSPS) is 10.0. The predicted octanol–water partition coefficient (Wildman–Crippen LogP) is 2.36. The number of hydrogen-bond acceptors (Lipinski definition) is 4. The molecule has 0 saturated heterocycles. The number of nitriles is 1. The molecule has 2 N–H and O–H groups in total. The van der Waals surface area contributed by atoms with Gasteiger partial charge in [-0.3, -0.25) is 0 Å². The maximum absolute atomic E-state index is 8.74. The van der Waals surface area contributed by atoms with Gasteiger partial charge in [0.25, 0.3) is 0 Å². The summed E-state index contributed by atoms with van der Waals surface area (Å²) in [5.41, 5.74) is 6.48. The molecule has 2 rings (SSSR count). The number of benzene rings is 1. The van der Waals surface area contributed by atoms with Gasteiger partial charge in [-0.1, -0.05) is 0 Å². The Balaban J connectivity index is 2.75. The Morgan fingerprint density at radius 1 is 1.43 bits per heavy atom. The number of nitrogen functional groups attached to an aromatic ring is 1. The zero-order chi connectivity index (χ0) is 10.1. The first kappa shape index (κ1) is 8.85. The molecule has 14 heavy (non-hydrogen) atoms. The predicted molar refractivity (Wildman–Crippen MR) is 57.5 cm³/mol. The highest BCUT2D eigenvalue weighted by Crippen LogP contribution is 2.33. The number of nitrogens with two attached hydrogens (primary N) is 1. The summed E-state index contributed by atoms with van der Waals surface area (Å²) in [4.78, 5) is 0.667. The first-order chi connectivity index (χ1) is 6.74. The van der Waals surface area contributed by atoms with Crippen molar-refractivity contribution in [2.45, 2.75) is 0 Å². The largest absolute Gasteiger partial charge is 0.497 e. The van der Waals surface area contributed by atoms with Crippen LogP contribution in [0.3, 0.4) is 0 Å². The van der Waals surface area contributed by atoms with Crippen molar-refractivity contribution in [1.82, 2.24) is 0 Å². The Hall–Kier alpha value is -1.73. The lowest BCUT2D eigenvalue weighted by molar-refractivity contribution is 0.415. The van der Waals surface area contributed by atoms with E-state index in [2.05, 4.69) is 6.07 Å². The van der Waals surface area contributed by atoms with Gasteiger partial charge < -0.3 is 10.5 Å². The molecule has 0 aliphatic rings. The lowest BCUT2D eigenvalue weighted by Gasteiger charge is -2.01. The van der Waals surface area contributed by atoms with Crippen LogP contribution in [-0.4, -0.2) is 7.11 Å². The van der Waals surface area contributed by atoms with Gasteiger partial charge in [0.15, 0.2) is 0 Å². The fraction of sp³-hybridized carbons (Fsp3) is 0.100. The van der Waals surface area contributed by atoms with Crippen LogP contribution in [0.4, 0.5) is 5.69 Å². The standard InChI is InChI=1S/C10H8N2OS/c1-13-7-2-6-3-8(5-11)14-10(6)9(12)4-7/h2-4H,12H2,1H3. The van der Waals surface area contributed by atoms with Gasteiger partial charge in [0.2, 0.25) is 0 Å². The van der Waals surface area contributed by atoms with Gasteiger partial charge in [0.05, 0.1) is 17.5 Å². The molecule has 0 atom stereocenters. The minimum Gasteiger partial charge on any atom is -0.497 e. The summed E-state index contributed by atoms with van der Waals surface area (Å²) in [5, 5.41) is 9.71. The van der Waals surface area contributed by atoms with E-state index in [1.54, 1.807) is 13.2 Å². The molecule has 0 radical (unpaired) electrons. The average Bonchev–Trinajstić information content (AvgIpc) is 2.61. The smallest absolute Gasteiger partial charge is 0.121 e. The highest BCUT2D eigenvalue weighted by atomic mass is 32.1. The van der Waals surface area contributed by atoms with E-state index in [4.69, 9.17) is 15.7 Å². The van der Waals surface area contributed by atoms with Gasteiger partial charge in [-0.05, 0) is 17.5 Å². The number of ether oxygens (including phenoxy) is 1. The van der Waals surface area contributed by atoms with Crippen LogP contribution in [0.2, 0.25) is 0 Å². The fourth-order valence-electron chi connectivity index (χ4n) is 1.32. The van der Waals surface area contributed by atoms with E-state index in [0.29, 0.717) is 10.6 Å². The summed E-state index contributed by atoms with van der Waals surface area (Å²) in [5.74, 6) is 0.720. The molecule has 0 saturated carbocycles. The maximum atomic E-state index is 8.74. The number of thiophene rings is 1. The van der Waals surface area contributed by atoms with E-state index in [0.717, 1.165) is 15.8 Å². The van der Waals surface area contributed by atoms with Gasteiger partial charge in [-0.25, -0.2) is 0 Å². The van der Waals surface area contributed by atoms with Crippen LogP contribution in [0.1, 0.15) is 4.88 Å². The summed E-state index contributed by atoms with van der Waals surface area (Å²) in [7, 11) is 1.60. The van der Waals surface area contributed by atoms with Gasteiger partial charge in [0.1, 0.15) is 16.7 Å². The molecule has 2 aromatic rings. The van der Waals surface area contributed by atoms with Crippen molar-refractivity contribution >= 4 is 27.1 Å². The monoisotopic (exact) mass is 204 g/mol. The molecule has 0 fully saturated rings. The Labute approximate surface area is 85.3 Å². The van der Waals surface area contributed by atoms with E-state index in [1.807, 2.05) is 12.1 Å². The van der Waals surface area contributed by atoms with E-state index in [9.17, 15) is 0 Å². The van der Waals surface area contributed by atoms with E-state index < -0.39 is 0 Å². The van der Waals surface area contributed by atoms with E-state index in [1.165, 1.54) is 11.3 Å². The molecule has 0 spiro atoms. The summed E-state index contributed by atoms with van der Waals surface area (Å²) in [6, 6.07) is 7.56. The third kappa shape index (κ3) is 1.28. The van der Waals surface area contributed by atoms with Gasteiger partial charge >= 0.3 is 0 Å². The molecular weight excluding hydrogens is 196 g/mol. The Morgan fingerprint density at radius 3 is 2.86 bits per heavy atom. The lowest BCUT2D eigenvalue weighted by Crippen LogP contribution is -1.87. The molecule has 1 heterocycles. The molecule has 0 unspecified atom stereocenters. The van der Waals surface area contributed by atoms with Crippen molar-refractivity contribution in [1.29, 1.82) is 5.26 Å². The first-order valence-electron chi connectivity index (χ1n) is 4.01. The summed E-state index contributed by atoms with van der Waals surface area (Å²) in [6.07, 6.45) is 0. The number of fused-ring (bicyclic) bond motifs is 1. The summed E-state index contributed by atoms with van der Waals surface area (Å²) >= 11 is 1.40. The van der Waals surface area contributed by atoms with E-state index in [-0.39, 0.29) is 0 Å². The van der Waals surface area contributed by atoms with Crippen LogP contribution < -0.4 is 10.5 Å². The summed E-state index contributed by atoms with van der Waals surface area (Å²) < 4.78 is 6.03.